The number of para-hydroxylation sites is 1. The second-order valence-electron chi connectivity index (χ2n) is 6.00. The molecule has 1 N–H and O–H groups in total. The number of imide groups is 1. The Balaban J connectivity index is 1.41. The summed E-state index contributed by atoms with van der Waals surface area (Å²) in [5.41, 5.74) is 2.15. The first-order valence-electron chi connectivity index (χ1n) is 8.50. The van der Waals surface area contributed by atoms with Gasteiger partial charge in [0.15, 0.2) is 0 Å². The first kappa shape index (κ1) is 17.2. The van der Waals surface area contributed by atoms with E-state index < -0.39 is 0 Å². The Morgan fingerprint density at radius 1 is 0.920 bits per heavy atom. The largest absolute Gasteiger partial charge is 0.496 e. The fraction of sp³-hybridized carbons (Fsp3) is 0.300. The summed E-state index contributed by atoms with van der Waals surface area (Å²) in [5.74, 6) is 0.520. The molecule has 2 amide bonds. The van der Waals surface area contributed by atoms with Crippen molar-refractivity contribution < 1.29 is 14.3 Å². The van der Waals surface area contributed by atoms with Gasteiger partial charge in [0.25, 0.3) is 11.8 Å². The first-order chi connectivity index (χ1) is 12.2. The fourth-order valence-electron chi connectivity index (χ4n) is 3.03. The van der Waals surface area contributed by atoms with E-state index >= 15 is 0 Å². The van der Waals surface area contributed by atoms with Gasteiger partial charge in [-0.2, -0.15) is 0 Å². The molecule has 1 heterocycles. The summed E-state index contributed by atoms with van der Waals surface area (Å²) in [7, 11) is 1.67. The fourth-order valence-corrected chi connectivity index (χ4v) is 3.03. The zero-order valence-electron chi connectivity index (χ0n) is 14.3. The predicted octanol–water partition coefficient (Wildman–Crippen LogP) is 2.86. The van der Waals surface area contributed by atoms with Crippen molar-refractivity contribution in [3.05, 3.63) is 65.2 Å². The van der Waals surface area contributed by atoms with E-state index in [2.05, 4.69) is 5.32 Å². The van der Waals surface area contributed by atoms with Crippen LogP contribution in [0.15, 0.2) is 48.5 Å². The van der Waals surface area contributed by atoms with Gasteiger partial charge in [-0.25, -0.2) is 0 Å². The normalized spacial score (nSPS) is 13.2. The molecule has 5 heteroatoms. The lowest BCUT2D eigenvalue weighted by molar-refractivity contribution is 0.0651. The third-order valence-electron chi connectivity index (χ3n) is 4.37. The number of benzene rings is 2. The van der Waals surface area contributed by atoms with E-state index in [9.17, 15) is 9.59 Å². The van der Waals surface area contributed by atoms with Crippen LogP contribution in [-0.2, 0) is 6.54 Å². The van der Waals surface area contributed by atoms with Gasteiger partial charge in [-0.1, -0.05) is 30.3 Å². The van der Waals surface area contributed by atoms with Crippen molar-refractivity contribution in [3.8, 4) is 5.75 Å². The van der Waals surface area contributed by atoms with Gasteiger partial charge in [0.05, 0.1) is 18.2 Å². The minimum absolute atomic E-state index is 0.178. The number of unbranched alkanes of at least 4 members (excludes halogenated alkanes) is 1. The number of hydrogen-bond acceptors (Lipinski definition) is 4. The van der Waals surface area contributed by atoms with Crippen molar-refractivity contribution in [3.63, 3.8) is 0 Å². The molecule has 0 bridgehead atoms. The van der Waals surface area contributed by atoms with Crippen LogP contribution in [0.4, 0.5) is 0 Å². The molecule has 0 atom stereocenters. The van der Waals surface area contributed by atoms with Gasteiger partial charge in [0, 0.05) is 18.7 Å². The SMILES string of the molecule is COc1ccccc1CNCCCCN1C(=O)c2ccccc2C1=O. The Kier molecular flexibility index (Phi) is 5.46. The van der Waals surface area contributed by atoms with Gasteiger partial charge < -0.3 is 10.1 Å². The summed E-state index contributed by atoms with van der Waals surface area (Å²) in [5, 5.41) is 3.37. The lowest BCUT2D eigenvalue weighted by Gasteiger charge is -2.14. The van der Waals surface area contributed by atoms with Crippen molar-refractivity contribution in [1.29, 1.82) is 0 Å². The summed E-state index contributed by atoms with van der Waals surface area (Å²) in [6.45, 7) is 2.01. The summed E-state index contributed by atoms with van der Waals surface area (Å²) in [6, 6.07) is 14.9. The molecule has 2 aromatic rings. The molecule has 0 aromatic heterocycles. The third-order valence-corrected chi connectivity index (χ3v) is 4.37. The summed E-state index contributed by atoms with van der Waals surface area (Å²) in [6.07, 6.45) is 1.67. The van der Waals surface area contributed by atoms with Crippen LogP contribution in [-0.4, -0.2) is 36.9 Å². The number of fused-ring (bicyclic) bond motifs is 1. The number of ether oxygens (including phenoxy) is 1. The zero-order valence-corrected chi connectivity index (χ0v) is 14.3. The van der Waals surface area contributed by atoms with E-state index in [4.69, 9.17) is 4.74 Å². The number of nitrogens with zero attached hydrogens (tertiary/aromatic N) is 1. The molecule has 0 unspecified atom stereocenters. The molecule has 130 valence electrons. The van der Waals surface area contributed by atoms with E-state index in [-0.39, 0.29) is 11.8 Å². The highest BCUT2D eigenvalue weighted by atomic mass is 16.5. The predicted molar refractivity (Wildman–Crippen MR) is 95.7 cm³/mol. The molecular weight excluding hydrogens is 316 g/mol. The van der Waals surface area contributed by atoms with Gasteiger partial charge in [-0.3, -0.25) is 14.5 Å². The average Bonchev–Trinajstić information content (AvgIpc) is 2.89. The van der Waals surface area contributed by atoms with Gasteiger partial charge >= 0.3 is 0 Å². The Bertz CT molecular complexity index is 738. The maximum atomic E-state index is 12.3. The van der Waals surface area contributed by atoms with E-state index in [0.29, 0.717) is 17.7 Å². The standard InChI is InChI=1S/C20H22N2O3/c1-25-18-11-5-2-8-15(18)14-21-12-6-7-13-22-19(23)16-9-3-4-10-17(16)20(22)24/h2-5,8-11,21H,6-7,12-14H2,1H3. The van der Waals surface area contributed by atoms with Crippen LogP contribution in [0.1, 0.15) is 39.1 Å². The van der Waals surface area contributed by atoms with Crippen molar-refractivity contribution in [2.45, 2.75) is 19.4 Å². The minimum atomic E-state index is -0.178. The number of methoxy groups -OCH3 is 1. The molecule has 0 spiro atoms. The topological polar surface area (TPSA) is 58.6 Å². The Hall–Kier alpha value is -2.66. The maximum Gasteiger partial charge on any atom is 0.261 e. The summed E-state index contributed by atoms with van der Waals surface area (Å²) >= 11 is 0. The van der Waals surface area contributed by atoms with Crippen LogP contribution >= 0.6 is 0 Å². The number of hydrogen-bond donors (Lipinski definition) is 1. The van der Waals surface area contributed by atoms with E-state index in [0.717, 1.165) is 37.2 Å². The Morgan fingerprint density at radius 3 is 2.24 bits per heavy atom. The van der Waals surface area contributed by atoms with Crippen LogP contribution < -0.4 is 10.1 Å². The molecular formula is C20H22N2O3. The Morgan fingerprint density at radius 2 is 1.56 bits per heavy atom. The molecule has 25 heavy (non-hydrogen) atoms. The molecule has 0 saturated heterocycles. The maximum absolute atomic E-state index is 12.3. The molecule has 0 saturated carbocycles. The van der Waals surface area contributed by atoms with Crippen LogP contribution in [0.2, 0.25) is 0 Å². The highest BCUT2D eigenvalue weighted by molar-refractivity contribution is 6.21. The Labute approximate surface area is 147 Å². The molecule has 2 aromatic carbocycles. The monoisotopic (exact) mass is 338 g/mol. The number of carbonyl (C=O) groups is 2. The van der Waals surface area contributed by atoms with Gasteiger partial charge in [0.1, 0.15) is 5.75 Å². The molecule has 1 aliphatic heterocycles. The molecule has 0 fully saturated rings. The van der Waals surface area contributed by atoms with E-state index in [1.807, 2.05) is 24.3 Å². The molecule has 0 radical (unpaired) electrons. The van der Waals surface area contributed by atoms with Crippen molar-refractivity contribution in [2.75, 3.05) is 20.2 Å². The van der Waals surface area contributed by atoms with Crippen LogP contribution in [0, 0.1) is 0 Å². The van der Waals surface area contributed by atoms with Gasteiger partial charge in [-0.05, 0) is 37.6 Å². The number of amides is 2. The van der Waals surface area contributed by atoms with Gasteiger partial charge in [0.2, 0.25) is 0 Å². The first-order valence-corrected chi connectivity index (χ1v) is 8.50. The van der Waals surface area contributed by atoms with Crippen LogP contribution in [0.25, 0.3) is 0 Å². The number of nitrogens with one attached hydrogen (secondary N) is 1. The molecule has 5 nitrogen and oxygen atoms in total. The zero-order chi connectivity index (χ0) is 17.6. The highest BCUT2D eigenvalue weighted by Crippen LogP contribution is 2.22. The van der Waals surface area contributed by atoms with Crippen molar-refractivity contribution >= 4 is 11.8 Å². The van der Waals surface area contributed by atoms with Crippen molar-refractivity contribution in [2.24, 2.45) is 0 Å². The number of rotatable bonds is 8. The molecule has 3 rings (SSSR count). The van der Waals surface area contributed by atoms with E-state index in [1.54, 1.807) is 31.4 Å². The van der Waals surface area contributed by atoms with Crippen LogP contribution in [0.3, 0.4) is 0 Å². The average molecular weight is 338 g/mol. The second kappa shape index (κ2) is 7.94. The van der Waals surface area contributed by atoms with Crippen molar-refractivity contribution in [1.82, 2.24) is 10.2 Å². The summed E-state index contributed by atoms with van der Waals surface area (Å²) < 4.78 is 5.32. The second-order valence-corrected chi connectivity index (χ2v) is 6.00. The molecule has 0 aliphatic carbocycles. The quantitative estimate of drug-likeness (QED) is 0.594. The summed E-state index contributed by atoms with van der Waals surface area (Å²) in [4.78, 5) is 25.9. The highest BCUT2D eigenvalue weighted by Gasteiger charge is 2.34. The van der Waals surface area contributed by atoms with E-state index in [1.165, 1.54) is 4.90 Å². The van der Waals surface area contributed by atoms with Gasteiger partial charge in [-0.15, -0.1) is 0 Å². The number of carbonyl (C=O) groups excluding carboxylic acids is 2. The lowest BCUT2D eigenvalue weighted by atomic mass is 10.1. The third kappa shape index (κ3) is 3.72. The lowest BCUT2D eigenvalue weighted by Crippen LogP contribution is -2.31. The smallest absolute Gasteiger partial charge is 0.261 e. The van der Waals surface area contributed by atoms with Crippen LogP contribution in [0.5, 0.6) is 5.75 Å². The molecule has 1 aliphatic rings. The minimum Gasteiger partial charge on any atom is -0.496 e.